The third-order valence-corrected chi connectivity index (χ3v) is 13.9. The van der Waals surface area contributed by atoms with Gasteiger partial charge in [0.1, 0.15) is 0 Å². The SMILES string of the molecule is C[C@H]1[C@H](C)CC[C@]23CO[C@@]4(C=C[C@@H]5[C@@]6(C)CC[C@H](O)C(C)(C)[C@@H]6CC[C@@]5(C)[C@]4(C)C[C@@H]2O)[C@H]13. The third-order valence-electron chi connectivity index (χ3n) is 13.9. The Kier molecular flexibility index (Phi) is 4.53. The van der Waals surface area contributed by atoms with Crippen molar-refractivity contribution < 1.29 is 14.9 Å². The van der Waals surface area contributed by atoms with Gasteiger partial charge in [-0.2, -0.15) is 0 Å². The molecule has 0 amide bonds. The Hall–Kier alpha value is -0.380. The summed E-state index contributed by atoms with van der Waals surface area (Å²) in [6.07, 6.45) is 12.2. The Bertz CT molecular complexity index is 880. The molecule has 6 aliphatic rings. The first-order valence-corrected chi connectivity index (χ1v) is 14.0. The normalized spacial score (nSPS) is 63.2. The molecule has 1 spiro atoms. The molecular formula is C30H48O3. The molecule has 5 aliphatic carbocycles. The molecule has 0 aromatic rings. The zero-order chi connectivity index (χ0) is 23.8. The highest BCUT2D eigenvalue weighted by atomic mass is 16.5. The van der Waals surface area contributed by atoms with Gasteiger partial charge < -0.3 is 14.9 Å². The number of rotatable bonds is 0. The second kappa shape index (κ2) is 6.48. The van der Waals surface area contributed by atoms with Crippen LogP contribution in [0.25, 0.3) is 0 Å². The van der Waals surface area contributed by atoms with Crippen LogP contribution in [-0.4, -0.2) is 34.6 Å². The molecule has 2 bridgehead atoms. The van der Waals surface area contributed by atoms with E-state index in [-0.39, 0.29) is 44.9 Å². The molecule has 0 aromatic heterocycles. The topological polar surface area (TPSA) is 49.7 Å². The van der Waals surface area contributed by atoms with E-state index in [0.29, 0.717) is 29.6 Å². The molecular weight excluding hydrogens is 408 g/mol. The van der Waals surface area contributed by atoms with Gasteiger partial charge in [0.15, 0.2) is 0 Å². The van der Waals surface area contributed by atoms with Gasteiger partial charge in [-0.25, -0.2) is 0 Å². The summed E-state index contributed by atoms with van der Waals surface area (Å²) >= 11 is 0. The van der Waals surface area contributed by atoms with Crippen LogP contribution in [0.5, 0.6) is 0 Å². The Morgan fingerprint density at radius 3 is 2.33 bits per heavy atom. The van der Waals surface area contributed by atoms with Gasteiger partial charge in [-0.05, 0) is 84.9 Å². The first kappa shape index (κ1) is 23.0. The van der Waals surface area contributed by atoms with Crippen molar-refractivity contribution in [2.45, 2.75) is 111 Å². The average Bonchev–Trinajstić information content (AvgIpc) is 3.05. The van der Waals surface area contributed by atoms with E-state index in [0.717, 1.165) is 38.7 Å². The van der Waals surface area contributed by atoms with Gasteiger partial charge in [0.2, 0.25) is 0 Å². The maximum absolute atomic E-state index is 11.9. The monoisotopic (exact) mass is 456 g/mol. The third kappa shape index (κ3) is 2.31. The number of allylic oxidation sites excluding steroid dienone is 1. The average molecular weight is 457 g/mol. The molecule has 33 heavy (non-hydrogen) atoms. The summed E-state index contributed by atoms with van der Waals surface area (Å²) in [6.45, 7) is 17.8. The van der Waals surface area contributed by atoms with Crippen LogP contribution in [-0.2, 0) is 4.74 Å². The maximum atomic E-state index is 11.9. The van der Waals surface area contributed by atoms with E-state index in [2.05, 4.69) is 60.6 Å². The largest absolute Gasteiger partial charge is 0.393 e. The zero-order valence-corrected chi connectivity index (χ0v) is 22.2. The number of aliphatic hydroxyl groups excluding tert-OH is 2. The van der Waals surface area contributed by atoms with Gasteiger partial charge in [-0.15, -0.1) is 0 Å². The summed E-state index contributed by atoms with van der Waals surface area (Å²) in [5, 5.41) is 22.8. The molecule has 5 fully saturated rings. The molecule has 0 unspecified atom stereocenters. The molecule has 2 N–H and O–H groups in total. The van der Waals surface area contributed by atoms with E-state index in [4.69, 9.17) is 4.74 Å². The number of fused-ring (bicyclic) bond motifs is 4. The van der Waals surface area contributed by atoms with Crippen LogP contribution in [0.4, 0.5) is 0 Å². The number of hydrogen-bond donors (Lipinski definition) is 2. The van der Waals surface area contributed by atoms with Crippen LogP contribution >= 0.6 is 0 Å². The molecule has 3 nitrogen and oxygen atoms in total. The van der Waals surface area contributed by atoms with Crippen molar-refractivity contribution >= 4 is 0 Å². The van der Waals surface area contributed by atoms with Gasteiger partial charge in [0.25, 0.3) is 0 Å². The minimum Gasteiger partial charge on any atom is -0.393 e. The Balaban J connectivity index is 1.51. The number of aliphatic hydroxyl groups is 2. The Morgan fingerprint density at radius 2 is 1.61 bits per heavy atom. The van der Waals surface area contributed by atoms with Crippen LogP contribution in [0.3, 0.4) is 0 Å². The minimum atomic E-state index is -0.266. The molecule has 4 saturated carbocycles. The van der Waals surface area contributed by atoms with Crippen molar-refractivity contribution in [3.05, 3.63) is 12.2 Å². The molecule has 1 heterocycles. The van der Waals surface area contributed by atoms with Crippen molar-refractivity contribution in [3.8, 4) is 0 Å². The first-order valence-electron chi connectivity index (χ1n) is 14.0. The summed E-state index contributed by atoms with van der Waals surface area (Å²) in [4.78, 5) is 0. The second-order valence-corrected chi connectivity index (χ2v) is 14.9. The van der Waals surface area contributed by atoms with Gasteiger partial charge in [0.05, 0.1) is 24.4 Å². The Morgan fingerprint density at radius 1 is 0.879 bits per heavy atom. The van der Waals surface area contributed by atoms with E-state index in [1.165, 1.54) is 12.8 Å². The van der Waals surface area contributed by atoms with E-state index in [9.17, 15) is 10.2 Å². The zero-order valence-electron chi connectivity index (χ0n) is 22.2. The minimum absolute atomic E-state index is 0.0450. The quantitative estimate of drug-likeness (QED) is 0.441. The van der Waals surface area contributed by atoms with E-state index in [1.807, 2.05) is 0 Å². The fourth-order valence-corrected chi connectivity index (χ4v) is 11.6. The molecule has 186 valence electrons. The lowest BCUT2D eigenvalue weighted by Crippen LogP contribution is -2.73. The van der Waals surface area contributed by atoms with Crippen molar-refractivity contribution in [1.29, 1.82) is 0 Å². The second-order valence-electron chi connectivity index (χ2n) is 14.9. The standard InChI is InChI=1S/C30H48O3/c1-18-8-14-29-17-33-30(24(29)19(18)2)15-10-21-26(5)12-11-22(31)25(3,4)20(26)9-13-27(21,6)28(30,7)16-23(29)32/h10,15,18-24,31-32H,8-9,11-14,16-17H2,1-7H3/t18-,19+,20+,21-,22+,23+,24-,26+,27-,28+,29+,30+/m1/s1. The molecule has 3 heteroatoms. The predicted molar refractivity (Wildman–Crippen MR) is 131 cm³/mol. The highest BCUT2D eigenvalue weighted by Gasteiger charge is 2.79. The van der Waals surface area contributed by atoms with Crippen molar-refractivity contribution in [3.63, 3.8) is 0 Å². The van der Waals surface area contributed by atoms with E-state index < -0.39 is 0 Å². The number of ether oxygens (including phenoxy) is 1. The summed E-state index contributed by atoms with van der Waals surface area (Å²) in [6, 6.07) is 0. The Labute approximate surface area is 201 Å². The summed E-state index contributed by atoms with van der Waals surface area (Å²) < 4.78 is 7.05. The predicted octanol–water partition coefficient (Wildman–Crippen LogP) is 5.98. The van der Waals surface area contributed by atoms with Gasteiger partial charge >= 0.3 is 0 Å². The maximum Gasteiger partial charge on any atom is 0.0960 e. The van der Waals surface area contributed by atoms with Crippen LogP contribution in [0.15, 0.2) is 12.2 Å². The molecule has 0 radical (unpaired) electrons. The van der Waals surface area contributed by atoms with Crippen molar-refractivity contribution in [1.82, 2.24) is 0 Å². The first-order chi connectivity index (χ1) is 15.3. The summed E-state index contributed by atoms with van der Waals surface area (Å²) in [7, 11) is 0. The lowest BCUT2D eigenvalue weighted by Gasteiger charge is -2.73. The van der Waals surface area contributed by atoms with E-state index >= 15 is 0 Å². The summed E-state index contributed by atoms with van der Waals surface area (Å²) in [5.41, 5.74) is -0.168. The number of hydrogen-bond acceptors (Lipinski definition) is 3. The van der Waals surface area contributed by atoms with Crippen LogP contribution in [0, 0.1) is 56.7 Å². The van der Waals surface area contributed by atoms with Crippen LogP contribution in [0.1, 0.15) is 93.4 Å². The molecule has 12 atom stereocenters. The summed E-state index contributed by atoms with van der Waals surface area (Å²) in [5.74, 6) is 2.65. The van der Waals surface area contributed by atoms with Crippen molar-refractivity contribution in [2.75, 3.05) is 6.61 Å². The molecule has 6 rings (SSSR count). The van der Waals surface area contributed by atoms with Crippen molar-refractivity contribution in [2.24, 2.45) is 56.7 Å². The van der Waals surface area contributed by atoms with Gasteiger partial charge in [0, 0.05) is 16.7 Å². The van der Waals surface area contributed by atoms with Gasteiger partial charge in [-0.3, -0.25) is 0 Å². The molecule has 1 saturated heterocycles. The van der Waals surface area contributed by atoms with Crippen LogP contribution in [0.2, 0.25) is 0 Å². The van der Waals surface area contributed by atoms with Crippen LogP contribution < -0.4 is 0 Å². The molecule has 1 aliphatic heterocycles. The molecule has 0 aromatic carbocycles. The fourth-order valence-electron chi connectivity index (χ4n) is 11.6. The lowest BCUT2D eigenvalue weighted by molar-refractivity contribution is -0.260. The van der Waals surface area contributed by atoms with Gasteiger partial charge in [-0.1, -0.05) is 60.6 Å². The highest BCUT2D eigenvalue weighted by Crippen LogP contribution is 2.79. The lowest BCUT2D eigenvalue weighted by atomic mass is 9.31. The smallest absolute Gasteiger partial charge is 0.0960 e. The fraction of sp³-hybridized carbons (Fsp3) is 0.933. The van der Waals surface area contributed by atoms with E-state index in [1.54, 1.807) is 0 Å². The highest BCUT2D eigenvalue weighted by molar-refractivity contribution is 5.36.